The van der Waals surface area contributed by atoms with Gasteiger partial charge >= 0.3 is 0 Å². The van der Waals surface area contributed by atoms with Gasteiger partial charge in [-0.1, -0.05) is 47.5 Å². The van der Waals surface area contributed by atoms with Crippen LogP contribution in [0.5, 0.6) is 0 Å². The van der Waals surface area contributed by atoms with Crippen molar-refractivity contribution in [3.63, 3.8) is 0 Å². The van der Waals surface area contributed by atoms with E-state index in [2.05, 4.69) is 5.32 Å². The molecule has 0 aliphatic heterocycles. The predicted molar refractivity (Wildman–Crippen MR) is 109 cm³/mol. The Morgan fingerprint density at radius 1 is 1.04 bits per heavy atom. The van der Waals surface area contributed by atoms with Gasteiger partial charge in [0.1, 0.15) is 11.9 Å². The maximum absolute atomic E-state index is 14.2. The summed E-state index contributed by atoms with van der Waals surface area (Å²) in [6.07, 6.45) is 0.163. The molecule has 0 aromatic heterocycles. The predicted octanol–water partition coefficient (Wildman–Crippen LogP) is 3.93. The standard InChI is InChI=1S/C23H29FN2O2/c1-15(2)25-23(28)18(5)26(14-20-8-6-7-9-21(20)24)22(27)13-19-11-16(3)10-17(4)12-19/h6-12,15,18H,13-14H2,1-5H3,(H,25,28). The third-order valence-electron chi connectivity index (χ3n) is 4.53. The lowest BCUT2D eigenvalue weighted by Crippen LogP contribution is -2.49. The molecule has 1 N–H and O–H groups in total. The van der Waals surface area contributed by atoms with Crippen molar-refractivity contribution in [1.29, 1.82) is 0 Å². The number of halogens is 1. The van der Waals surface area contributed by atoms with Crippen LogP contribution in [0.4, 0.5) is 4.39 Å². The van der Waals surface area contributed by atoms with Crippen molar-refractivity contribution in [1.82, 2.24) is 10.2 Å². The Bertz CT molecular complexity index is 828. The third-order valence-corrected chi connectivity index (χ3v) is 4.53. The van der Waals surface area contributed by atoms with Gasteiger partial charge in [0.15, 0.2) is 0 Å². The topological polar surface area (TPSA) is 49.4 Å². The minimum atomic E-state index is -0.708. The molecule has 0 spiro atoms. The second kappa shape index (κ2) is 9.49. The molecule has 0 aliphatic carbocycles. The second-order valence-electron chi connectivity index (χ2n) is 7.63. The van der Waals surface area contributed by atoms with E-state index in [0.717, 1.165) is 16.7 Å². The minimum absolute atomic E-state index is 0.0419. The van der Waals surface area contributed by atoms with Gasteiger partial charge in [-0.3, -0.25) is 9.59 Å². The minimum Gasteiger partial charge on any atom is -0.352 e. The van der Waals surface area contributed by atoms with Gasteiger partial charge in [-0.05, 0) is 46.2 Å². The molecule has 0 heterocycles. The van der Waals surface area contributed by atoms with Gasteiger partial charge in [-0.2, -0.15) is 0 Å². The van der Waals surface area contributed by atoms with Gasteiger partial charge in [0.2, 0.25) is 11.8 Å². The average Bonchev–Trinajstić information content (AvgIpc) is 2.58. The Morgan fingerprint density at radius 2 is 1.64 bits per heavy atom. The number of rotatable bonds is 7. The number of carbonyl (C=O) groups is 2. The van der Waals surface area contributed by atoms with Crippen LogP contribution in [-0.4, -0.2) is 28.8 Å². The van der Waals surface area contributed by atoms with Crippen LogP contribution in [0.2, 0.25) is 0 Å². The molecule has 0 saturated heterocycles. The summed E-state index contributed by atoms with van der Waals surface area (Å²) in [5, 5.41) is 2.83. The summed E-state index contributed by atoms with van der Waals surface area (Å²) in [4.78, 5) is 27.1. The van der Waals surface area contributed by atoms with E-state index in [1.165, 1.54) is 11.0 Å². The molecule has 2 amide bonds. The number of hydrogen-bond acceptors (Lipinski definition) is 2. The van der Waals surface area contributed by atoms with E-state index in [1.807, 2.05) is 45.9 Å². The first-order chi connectivity index (χ1) is 13.2. The van der Waals surface area contributed by atoms with Crippen molar-refractivity contribution >= 4 is 11.8 Å². The Labute approximate surface area is 166 Å². The number of nitrogens with one attached hydrogen (secondary N) is 1. The number of carbonyl (C=O) groups excluding carboxylic acids is 2. The highest BCUT2D eigenvalue weighted by molar-refractivity contribution is 5.88. The molecule has 4 nitrogen and oxygen atoms in total. The third kappa shape index (κ3) is 5.91. The van der Waals surface area contributed by atoms with Crippen molar-refractivity contribution < 1.29 is 14.0 Å². The lowest BCUT2D eigenvalue weighted by Gasteiger charge is -2.29. The number of nitrogens with zero attached hydrogens (tertiary/aromatic N) is 1. The molecule has 2 aromatic rings. The highest BCUT2D eigenvalue weighted by Crippen LogP contribution is 2.16. The summed E-state index contributed by atoms with van der Waals surface area (Å²) in [5.74, 6) is -0.845. The van der Waals surface area contributed by atoms with E-state index >= 15 is 0 Å². The molecule has 0 saturated carbocycles. The van der Waals surface area contributed by atoms with E-state index < -0.39 is 6.04 Å². The van der Waals surface area contributed by atoms with E-state index in [9.17, 15) is 14.0 Å². The van der Waals surface area contributed by atoms with E-state index in [0.29, 0.717) is 5.56 Å². The molecule has 1 atom stereocenters. The van der Waals surface area contributed by atoms with Crippen LogP contribution in [0.1, 0.15) is 43.0 Å². The van der Waals surface area contributed by atoms with Crippen molar-refractivity contribution in [2.45, 2.75) is 59.7 Å². The molecule has 0 bridgehead atoms. The van der Waals surface area contributed by atoms with Gasteiger partial charge < -0.3 is 10.2 Å². The van der Waals surface area contributed by atoms with Crippen LogP contribution in [0.15, 0.2) is 42.5 Å². The van der Waals surface area contributed by atoms with Gasteiger partial charge in [0.25, 0.3) is 0 Å². The zero-order chi connectivity index (χ0) is 20.8. The summed E-state index contributed by atoms with van der Waals surface area (Å²) in [6, 6.07) is 11.6. The monoisotopic (exact) mass is 384 g/mol. The summed E-state index contributed by atoms with van der Waals surface area (Å²) in [6.45, 7) is 9.42. The normalized spacial score (nSPS) is 12.0. The number of benzene rings is 2. The molecule has 0 fully saturated rings. The first kappa shape index (κ1) is 21.6. The zero-order valence-corrected chi connectivity index (χ0v) is 17.3. The lowest BCUT2D eigenvalue weighted by atomic mass is 10.0. The Hall–Kier alpha value is -2.69. The average molecular weight is 384 g/mol. The Kier molecular flexibility index (Phi) is 7.32. The van der Waals surface area contributed by atoms with Crippen LogP contribution >= 0.6 is 0 Å². The zero-order valence-electron chi connectivity index (χ0n) is 17.3. The van der Waals surface area contributed by atoms with Gasteiger partial charge in [0, 0.05) is 18.2 Å². The SMILES string of the molecule is Cc1cc(C)cc(CC(=O)N(Cc2ccccc2F)C(C)C(=O)NC(C)C)c1. The summed E-state index contributed by atoms with van der Waals surface area (Å²) in [7, 11) is 0. The van der Waals surface area contributed by atoms with Gasteiger partial charge in [-0.25, -0.2) is 4.39 Å². The van der Waals surface area contributed by atoms with Gasteiger partial charge in [0.05, 0.1) is 6.42 Å². The number of aryl methyl sites for hydroxylation is 2. The van der Waals surface area contributed by atoms with Crippen LogP contribution in [-0.2, 0) is 22.6 Å². The smallest absolute Gasteiger partial charge is 0.242 e. The molecule has 28 heavy (non-hydrogen) atoms. The second-order valence-corrected chi connectivity index (χ2v) is 7.63. The molecule has 0 aliphatic rings. The van der Waals surface area contributed by atoms with Crippen molar-refractivity contribution in [3.8, 4) is 0 Å². The molecule has 2 rings (SSSR count). The first-order valence-electron chi connectivity index (χ1n) is 9.57. The quantitative estimate of drug-likeness (QED) is 0.786. The fourth-order valence-electron chi connectivity index (χ4n) is 3.25. The molecule has 0 radical (unpaired) electrons. The van der Waals surface area contributed by atoms with Crippen LogP contribution < -0.4 is 5.32 Å². The molecule has 1 unspecified atom stereocenters. The van der Waals surface area contributed by atoms with Crippen LogP contribution in [0.25, 0.3) is 0 Å². The largest absolute Gasteiger partial charge is 0.352 e. The van der Waals surface area contributed by atoms with Crippen molar-refractivity contribution in [3.05, 3.63) is 70.5 Å². The Balaban J connectivity index is 2.29. The number of amides is 2. The molecular weight excluding hydrogens is 355 g/mol. The Morgan fingerprint density at radius 3 is 2.21 bits per heavy atom. The highest BCUT2D eigenvalue weighted by Gasteiger charge is 2.27. The highest BCUT2D eigenvalue weighted by atomic mass is 19.1. The van der Waals surface area contributed by atoms with E-state index in [-0.39, 0.29) is 36.6 Å². The van der Waals surface area contributed by atoms with Gasteiger partial charge in [-0.15, -0.1) is 0 Å². The molecular formula is C23H29FN2O2. The first-order valence-corrected chi connectivity index (χ1v) is 9.57. The van der Waals surface area contributed by atoms with Crippen LogP contribution in [0.3, 0.4) is 0 Å². The maximum Gasteiger partial charge on any atom is 0.242 e. The summed E-state index contributed by atoms with van der Waals surface area (Å²) in [5.41, 5.74) is 3.43. The fourth-order valence-corrected chi connectivity index (χ4v) is 3.25. The number of hydrogen-bond donors (Lipinski definition) is 1. The van der Waals surface area contributed by atoms with Crippen molar-refractivity contribution in [2.75, 3.05) is 0 Å². The molecule has 2 aromatic carbocycles. The lowest BCUT2D eigenvalue weighted by molar-refractivity contribution is -0.140. The summed E-state index contributed by atoms with van der Waals surface area (Å²) >= 11 is 0. The fraction of sp³-hybridized carbons (Fsp3) is 0.391. The molecule has 5 heteroatoms. The van der Waals surface area contributed by atoms with E-state index in [1.54, 1.807) is 25.1 Å². The maximum atomic E-state index is 14.2. The molecule has 150 valence electrons. The van der Waals surface area contributed by atoms with Crippen molar-refractivity contribution in [2.24, 2.45) is 0 Å². The van der Waals surface area contributed by atoms with Crippen LogP contribution in [0, 0.1) is 19.7 Å². The van der Waals surface area contributed by atoms with E-state index in [4.69, 9.17) is 0 Å². The summed E-state index contributed by atoms with van der Waals surface area (Å²) < 4.78 is 14.2.